The zero-order valence-corrected chi connectivity index (χ0v) is 18.1. The number of anilines is 1. The summed E-state index contributed by atoms with van der Waals surface area (Å²) in [4.78, 5) is 0. The maximum absolute atomic E-state index is 14.7. The number of nitrogens with one attached hydrogen (secondary N) is 1. The van der Waals surface area contributed by atoms with Gasteiger partial charge in [0.15, 0.2) is 11.6 Å². The third-order valence-electron chi connectivity index (χ3n) is 5.58. The molecular formula is C26H20ClF2NO. The Labute approximate surface area is 184 Å². The molecule has 3 aromatic rings. The Hall–Kier alpha value is -3.11. The van der Waals surface area contributed by atoms with Crippen molar-refractivity contribution in [2.24, 2.45) is 0 Å². The summed E-state index contributed by atoms with van der Waals surface area (Å²) in [6.07, 6.45) is 3.95. The standard InChI is InChI=1S/C26H20ClF2NO/c1-14-13-26(2,3)30-21-9-8-17-18-11-16(28)12-20(29)25(18)31-22(24(17)23(14)21)10-15-6-4-5-7-19(15)27/h4-13,30H,1-3H3. The molecule has 156 valence electrons. The Bertz CT molecular complexity index is 1310. The lowest BCUT2D eigenvalue weighted by atomic mass is 9.83. The van der Waals surface area contributed by atoms with Crippen LogP contribution in [0.4, 0.5) is 14.5 Å². The van der Waals surface area contributed by atoms with Crippen LogP contribution < -0.4 is 10.1 Å². The van der Waals surface area contributed by atoms with Crippen LogP contribution in [0.5, 0.6) is 5.75 Å². The Morgan fingerprint density at radius 1 is 1.00 bits per heavy atom. The molecule has 3 aromatic carbocycles. The summed E-state index contributed by atoms with van der Waals surface area (Å²) in [5.74, 6) is -0.909. The van der Waals surface area contributed by atoms with Crippen LogP contribution in [0, 0.1) is 11.6 Å². The van der Waals surface area contributed by atoms with Gasteiger partial charge in [-0.05, 0) is 61.7 Å². The van der Waals surface area contributed by atoms with Gasteiger partial charge in [-0.25, -0.2) is 8.78 Å². The van der Waals surface area contributed by atoms with Crippen molar-refractivity contribution in [2.45, 2.75) is 26.3 Å². The summed E-state index contributed by atoms with van der Waals surface area (Å²) in [5.41, 5.74) is 5.37. The van der Waals surface area contributed by atoms with Crippen LogP contribution in [-0.4, -0.2) is 5.54 Å². The molecule has 0 amide bonds. The number of hydrogen-bond donors (Lipinski definition) is 1. The second kappa shape index (κ2) is 6.96. The minimum absolute atomic E-state index is 0.0119. The molecule has 0 bridgehead atoms. The SMILES string of the molecule is CC1=CC(C)(C)Nc2ccc3c(c21)C(=Cc1ccccc1Cl)Oc1c(F)cc(F)cc1-3. The average molecular weight is 436 g/mol. The molecule has 0 radical (unpaired) electrons. The number of allylic oxidation sites excluding steroid dienone is 1. The summed E-state index contributed by atoms with van der Waals surface area (Å²) >= 11 is 6.38. The van der Waals surface area contributed by atoms with Gasteiger partial charge < -0.3 is 10.1 Å². The highest BCUT2D eigenvalue weighted by Gasteiger charge is 2.32. The van der Waals surface area contributed by atoms with Crippen LogP contribution in [0.15, 0.2) is 54.6 Å². The first-order valence-corrected chi connectivity index (χ1v) is 10.4. The van der Waals surface area contributed by atoms with Crippen molar-refractivity contribution in [3.63, 3.8) is 0 Å². The molecule has 2 aliphatic heterocycles. The number of benzene rings is 3. The molecule has 5 heteroatoms. The van der Waals surface area contributed by atoms with Gasteiger partial charge in [-0.3, -0.25) is 0 Å². The molecule has 2 heterocycles. The van der Waals surface area contributed by atoms with Gasteiger partial charge in [0.05, 0.1) is 5.54 Å². The first kappa shape index (κ1) is 19.8. The van der Waals surface area contributed by atoms with Crippen molar-refractivity contribution < 1.29 is 13.5 Å². The summed E-state index contributed by atoms with van der Waals surface area (Å²) in [6.45, 7) is 6.22. The zero-order valence-electron chi connectivity index (χ0n) is 17.3. The third-order valence-corrected chi connectivity index (χ3v) is 5.93. The van der Waals surface area contributed by atoms with Crippen molar-refractivity contribution in [3.8, 4) is 16.9 Å². The highest BCUT2D eigenvalue weighted by atomic mass is 35.5. The van der Waals surface area contributed by atoms with Crippen LogP contribution in [0.1, 0.15) is 37.5 Å². The second-order valence-corrected chi connectivity index (χ2v) is 8.89. The molecule has 31 heavy (non-hydrogen) atoms. The van der Waals surface area contributed by atoms with E-state index in [1.54, 1.807) is 12.1 Å². The monoisotopic (exact) mass is 435 g/mol. The molecule has 0 saturated carbocycles. The third kappa shape index (κ3) is 3.31. The van der Waals surface area contributed by atoms with E-state index in [1.165, 1.54) is 6.07 Å². The fourth-order valence-corrected chi connectivity index (χ4v) is 4.64. The van der Waals surface area contributed by atoms with Crippen LogP contribution in [0.25, 0.3) is 28.5 Å². The van der Waals surface area contributed by atoms with E-state index in [1.807, 2.05) is 37.3 Å². The quantitative estimate of drug-likeness (QED) is 0.421. The smallest absolute Gasteiger partial charge is 0.171 e. The van der Waals surface area contributed by atoms with E-state index >= 15 is 0 Å². The number of halogens is 3. The first-order chi connectivity index (χ1) is 14.7. The molecule has 2 aliphatic rings. The molecule has 2 nitrogen and oxygen atoms in total. The van der Waals surface area contributed by atoms with E-state index in [0.717, 1.165) is 34.0 Å². The predicted octanol–water partition coefficient (Wildman–Crippen LogP) is 7.78. The van der Waals surface area contributed by atoms with E-state index in [9.17, 15) is 8.78 Å². The summed E-state index contributed by atoms with van der Waals surface area (Å²) < 4.78 is 34.9. The van der Waals surface area contributed by atoms with Crippen molar-refractivity contribution in [1.82, 2.24) is 0 Å². The van der Waals surface area contributed by atoms with E-state index in [4.69, 9.17) is 16.3 Å². The lowest BCUT2D eigenvalue weighted by molar-refractivity contribution is 0.460. The summed E-state index contributed by atoms with van der Waals surface area (Å²) in [5, 5.41) is 4.08. The summed E-state index contributed by atoms with van der Waals surface area (Å²) in [7, 11) is 0. The minimum atomic E-state index is -0.741. The Kier molecular flexibility index (Phi) is 4.45. The minimum Gasteiger partial charge on any atom is -0.453 e. The number of rotatable bonds is 1. The van der Waals surface area contributed by atoms with Gasteiger partial charge in [-0.1, -0.05) is 41.9 Å². The average Bonchev–Trinajstić information content (AvgIpc) is 2.69. The molecule has 0 spiro atoms. The lowest BCUT2D eigenvalue weighted by Crippen LogP contribution is -2.32. The lowest BCUT2D eigenvalue weighted by Gasteiger charge is -2.35. The van der Waals surface area contributed by atoms with Crippen molar-refractivity contribution in [1.29, 1.82) is 0 Å². The fourth-order valence-electron chi connectivity index (χ4n) is 4.45. The molecule has 1 N–H and O–H groups in total. The molecule has 0 aromatic heterocycles. The van der Waals surface area contributed by atoms with Gasteiger partial charge in [0.25, 0.3) is 0 Å². The van der Waals surface area contributed by atoms with E-state index in [2.05, 4.69) is 25.2 Å². The van der Waals surface area contributed by atoms with Crippen LogP contribution in [-0.2, 0) is 0 Å². The highest BCUT2D eigenvalue weighted by molar-refractivity contribution is 6.32. The maximum Gasteiger partial charge on any atom is 0.171 e. The van der Waals surface area contributed by atoms with Gasteiger partial charge in [0.2, 0.25) is 0 Å². The molecule has 0 aliphatic carbocycles. The van der Waals surface area contributed by atoms with E-state index in [-0.39, 0.29) is 11.3 Å². The predicted molar refractivity (Wildman–Crippen MR) is 123 cm³/mol. The van der Waals surface area contributed by atoms with Crippen molar-refractivity contribution >= 4 is 34.7 Å². The fraction of sp³-hybridized carbons (Fsp3) is 0.154. The second-order valence-electron chi connectivity index (χ2n) is 8.48. The van der Waals surface area contributed by atoms with Gasteiger partial charge in [-0.2, -0.15) is 0 Å². The zero-order chi connectivity index (χ0) is 21.9. The molecule has 0 unspecified atom stereocenters. The van der Waals surface area contributed by atoms with Crippen LogP contribution >= 0.6 is 11.6 Å². The van der Waals surface area contributed by atoms with Gasteiger partial charge in [-0.15, -0.1) is 0 Å². The number of hydrogen-bond acceptors (Lipinski definition) is 2. The van der Waals surface area contributed by atoms with Crippen LogP contribution in [0.3, 0.4) is 0 Å². The molecule has 0 saturated heterocycles. The maximum atomic E-state index is 14.7. The largest absolute Gasteiger partial charge is 0.453 e. The highest BCUT2D eigenvalue weighted by Crippen LogP contribution is 2.50. The number of fused-ring (bicyclic) bond motifs is 5. The van der Waals surface area contributed by atoms with Crippen molar-refractivity contribution in [3.05, 3.63) is 88.0 Å². The summed E-state index contributed by atoms with van der Waals surface area (Å²) in [6, 6.07) is 13.4. The van der Waals surface area contributed by atoms with E-state index in [0.29, 0.717) is 21.9 Å². The van der Waals surface area contributed by atoms with Gasteiger partial charge in [0, 0.05) is 33.5 Å². The molecular weight excluding hydrogens is 416 g/mol. The number of ether oxygens (including phenoxy) is 1. The Morgan fingerprint density at radius 2 is 1.77 bits per heavy atom. The normalized spacial score (nSPS) is 17.1. The van der Waals surface area contributed by atoms with E-state index < -0.39 is 11.6 Å². The van der Waals surface area contributed by atoms with Crippen LogP contribution in [0.2, 0.25) is 5.02 Å². The van der Waals surface area contributed by atoms with Gasteiger partial charge >= 0.3 is 0 Å². The Morgan fingerprint density at radius 3 is 2.55 bits per heavy atom. The molecule has 0 atom stereocenters. The van der Waals surface area contributed by atoms with Gasteiger partial charge in [0.1, 0.15) is 11.6 Å². The molecule has 5 rings (SSSR count). The van der Waals surface area contributed by atoms with Crippen molar-refractivity contribution in [2.75, 3.05) is 5.32 Å². The molecule has 0 fully saturated rings. The topological polar surface area (TPSA) is 21.3 Å². The first-order valence-electron chi connectivity index (χ1n) is 10.0. The Balaban J connectivity index is 1.84.